The van der Waals surface area contributed by atoms with E-state index in [0.717, 1.165) is 0 Å². The van der Waals surface area contributed by atoms with Crippen LogP contribution in [0.4, 0.5) is 0 Å². The molecule has 0 aromatic rings. The third kappa shape index (κ3) is 3.66. The molecule has 3 heteroatoms. The number of hydrogen-bond acceptors (Lipinski definition) is 3. The molecule has 0 bridgehead atoms. The van der Waals surface area contributed by atoms with Gasteiger partial charge >= 0.3 is 5.97 Å². The molecule has 1 saturated carbocycles. The Kier molecular flexibility index (Phi) is 4.94. The van der Waals surface area contributed by atoms with Gasteiger partial charge in [-0.3, -0.25) is 4.79 Å². The van der Waals surface area contributed by atoms with Crippen molar-refractivity contribution in [2.24, 2.45) is 0 Å². The second-order valence-electron chi connectivity index (χ2n) is 3.98. The third-order valence-corrected chi connectivity index (χ3v) is 2.73. The average Bonchev–Trinajstić information content (AvgIpc) is 2.19. The number of carbonyl (C=O) groups is 1. The van der Waals surface area contributed by atoms with Gasteiger partial charge in [0.05, 0.1) is 6.61 Å². The van der Waals surface area contributed by atoms with Gasteiger partial charge in [-0.1, -0.05) is 19.3 Å². The minimum absolute atomic E-state index is 0.127. The molecule has 1 N–H and O–H groups in total. The molecule has 0 spiro atoms. The summed E-state index contributed by atoms with van der Waals surface area (Å²) < 4.78 is 4.94. The highest BCUT2D eigenvalue weighted by molar-refractivity contribution is 5.75. The molecule has 1 aliphatic carbocycles. The molecule has 1 aliphatic rings. The topological polar surface area (TPSA) is 38.3 Å². The van der Waals surface area contributed by atoms with Crippen LogP contribution in [-0.2, 0) is 9.53 Å². The van der Waals surface area contributed by atoms with Crippen molar-refractivity contribution in [3.63, 3.8) is 0 Å². The van der Waals surface area contributed by atoms with Gasteiger partial charge in [-0.2, -0.15) is 0 Å². The fraction of sp³-hybridized carbons (Fsp3) is 0.909. The van der Waals surface area contributed by atoms with E-state index in [2.05, 4.69) is 5.32 Å². The van der Waals surface area contributed by atoms with E-state index in [1.165, 1.54) is 32.1 Å². The molecule has 0 aliphatic heterocycles. The van der Waals surface area contributed by atoms with Crippen LogP contribution in [0, 0.1) is 0 Å². The lowest BCUT2D eigenvalue weighted by Crippen LogP contribution is -2.43. The molecule has 0 amide bonds. The second kappa shape index (κ2) is 6.02. The summed E-state index contributed by atoms with van der Waals surface area (Å²) >= 11 is 0. The summed E-state index contributed by atoms with van der Waals surface area (Å²) in [7, 11) is 0. The summed E-state index contributed by atoms with van der Waals surface area (Å²) in [6.45, 7) is 4.19. The van der Waals surface area contributed by atoms with E-state index in [1.807, 2.05) is 13.8 Å². The maximum Gasteiger partial charge on any atom is 0.322 e. The summed E-state index contributed by atoms with van der Waals surface area (Å²) in [5.41, 5.74) is 0. The monoisotopic (exact) mass is 199 g/mol. The van der Waals surface area contributed by atoms with Crippen molar-refractivity contribution in [3.05, 3.63) is 0 Å². The maximum atomic E-state index is 11.3. The van der Waals surface area contributed by atoms with E-state index in [9.17, 15) is 4.79 Å². The number of carbonyl (C=O) groups excluding carboxylic acids is 1. The van der Waals surface area contributed by atoms with Crippen molar-refractivity contribution in [1.29, 1.82) is 0 Å². The summed E-state index contributed by atoms with van der Waals surface area (Å²) in [5.74, 6) is -0.127. The van der Waals surface area contributed by atoms with Crippen molar-refractivity contribution < 1.29 is 9.53 Å². The first-order valence-electron chi connectivity index (χ1n) is 5.66. The summed E-state index contributed by atoms with van der Waals surface area (Å²) in [6.07, 6.45) is 6.31. The highest BCUT2D eigenvalue weighted by atomic mass is 16.5. The molecule has 3 nitrogen and oxygen atoms in total. The van der Waals surface area contributed by atoms with Gasteiger partial charge in [0.2, 0.25) is 0 Å². The van der Waals surface area contributed by atoms with E-state index < -0.39 is 0 Å². The number of rotatable bonds is 4. The van der Waals surface area contributed by atoms with E-state index >= 15 is 0 Å². The zero-order chi connectivity index (χ0) is 10.4. The Morgan fingerprint density at radius 1 is 1.43 bits per heavy atom. The lowest BCUT2D eigenvalue weighted by atomic mass is 9.95. The van der Waals surface area contributed by atoms with Crippen LogP contribution in [0.2, 0.25) is 0 Å². The number of hydrogen-bond donors (Lipinski definition) is 1. The minimum Gasteiger partial charge on any atom is -0.465 e. The van der Waals surface area contributed by atoms with E-state index in [-0.39, 0.29) is 12.0 Å². The van der Waals surface area contributed by atoms with Crippen LogP contribution in [0.1, 0.15) is 46.0 Å². The van der Waals surface area contributed by atoms with Gasteiger partial charge in [0.15, 0.2) is 0 Å². The fourth-order valence-electron chi connectivity index (χ4n) is 1.96. The maximum absolute atomic E-state index is 11.3. The summed E-state index contributed by atoms with van der Waals surface area (Å²) in [6, 6.07) is 0.362. The standard InChI is InChI=1S/C11H21NO2/c1-3-14-11(13)9(2)12-10-7-5-4-6-8-10/h9-10,12H,3-8H2,1-2H3/t9-/m1/s1. The molecule has 1 rings (SSSR count). The zero-order valence-electron chi connectivity index (χ0n) is 9.21. The average molecular weight is 199 g/mol. The van der Waals surface area contributed by atoms with Crippen LogP contribution in [0.3, 0.4) is 0 Å². The Hall–Kier alpha value is -0.570. The molecule has 0 aromatic carbocycles. The first kappa shape index (κ1) is 11.5. The SMILES string of the molecule is CCOC(=O)[C@@H](C)NC1CCCCC1. The molecule has 0 aromatic heterocycles. The molecular weight excluding hydrogens is 178 g/mol. The van der Waals surface area contributed by atoms with Gasteiger partial charge in [0.25, 0.3) is 0 Å². The predicted molar refractivity (Wildman–Crippen MR) is 56.1 cm³/mol. The highest BCUT2D eigenvalue weighted by Gasteiger charge is 2.20. The fourth-order valence-corrected chi connectivity index (χ4v) is 1.96. The van der Waals surface area contributed by atoms with Gasteiger partial charge in [-0.25, -0.2) is 0 Å². The van der Waals surface area contributed by atoms with Crippen molar-refractivity contribution in [2.45, 2.75) is 58.0 Å². The van der Waals surface area contributed by atoms with Crippen LogP contribution in [0.5, 0.6) is 0 Å². The van der Waals surface area contributed by atoms with Crippen molar-refractivity contribution in [1.82, 2.24) is 5.32 Å². The van der Waals surface area contributed by atoms with E-state index in [4.69, 9.17) is 4.74 Å². The van der Waals surface area contributed by atoms with Gasteiger partial charge in [0, 0.05) is 6.04 Å². The Labute approximate surface area is 86.2 Å². The molecule has 14 heavy (non-hydrogen) atoms. The number of esters is 1. The molecule has 0 radical (unpaired) electrons. The molecular formula is C11H21NO2. The lowest BCUT2D eigenvalue weighted by molar-refractivity contribution is -0.145. The van der Waals surface area contributed by atoms with Crippen molar-refractivity contribution in [2.75, 3.05) is 6.61 Å². The lowest BCUT2D eigenvalue weighted by Gasteiger charge is -2.25. The highest BCUT2D eigenvalue weighted by Crippen LogP contribution is 2.17. The first-order chi connectivity index (χ1) is 6.74. The summed E-state index contributed by atoms with van der Waals surface area (Å²) in [4.78, 5) is 11.3. The van der Waals surface area contributed by atoms with Gasteiger partial charge in [-0.15, -0.1) is 0 Å². The van der Waals surface area contributed by atoms with Crippen LogP contribution in [0.15, 0.2) is 0 Å². The van der Waals surface area contributed by atoms with Crippen molar-refractivity contribution >= 4 is 5.97 Å². The molecule has 0 unspecified atom stereocenters. The Morgan fingerprint density at radius 2 is 2.07 bits per heavy atom. The summed E-state index contributed by atoms with van der Waals surface area (Å²) in [5, 5.41) is 3.33. The molecule has 1 atom stereocenters. The second-order valence-corrected chi connectivity index (χ2v) is 3.98. The molecule has 82 valence electrons. The van der Waals surface area contributed by atoms with Gasteiger partial charge in [-0.05, 0) is 26.7 Å². The molecule has 1 fully saturated rings. The van der Waals surface area contributed by atoms with Crippen LogP contribution in [0.25, 0.3) is 0 Å². The van der Waals surface area contributed by atoms with Crippen molar-refractivity contribution in [3.8, 4) is 0 Å². The molecule has 0 saturated heterocycles. The van der Waals surface area contributed by atoms with Crippen LogP contribution < -0.4 is 5.32 Å². The smallest absolute Gasteiger partial charge is 0.322 e. The predicted octanol–water partition coefficient (Wildman–Crippen LogP) is 1.86. The van der Waals surface area contributed by atoms with Crippen LogP contribution >= 0.6 is 0 Å². The van der Waals surface area contributed by atoms with Gasteiger partial charge in [0.1, 0.15) is 6.04 Å². The zero-order valence-corrected chi connectivity index (χ0v) is 9.21. The largest absolute Gasteiger partial charge is 0.465 e. The minimum atomic E-state index is -0.155. The Bertz CT molecular complexity index is 176. The third-order valence-electron chi connectivity index (χ3n) is 2.73. The Balaban J connectivity index is 2.24. The number of ether oxygens (including phenoxy) is 1. The number of nitrogens with one attached hydrogen (secondary N) is 1. The molecule has 0 heterocycles. The van der Waals surface area contributed by atoms with Gasteiger partial charge < -0.3 is 10.1 Å². The van der Waals surface area contributed by atoms with Crippen LogP contribution in [-0.4, -0.2) is 24.7 Å². The normalized spacial score (nSPS) is 20.4. The van der Waals surface area contributed by atoms with E-state index in [0.29, 0.717) is 12.6 Å². The Morgan fingerprint density at radius 3 is 2.64 bits per heavy atom. The quantitative estimate of drug-likeness (QED) is 0.702. The first-order valence-corrected chi connectivity index (χ1v) is 5.66. The van der Waals surface area contributed by atoms with E-state index in [1.54, 1.807) is 0 Å².